The molecule has 3 aromatic carbocycles. The summed E-state index contributed by atoms with van der Waals surface area (Å²) >= 11 is 0. The van der Waals surface area contributed by atoms with Crippen molar-refractivity contribution in [2.45, 2.75) is 33.2 Å². The van der Waals surface area contributed by atoms with Gasteiger partial charge in [0.1, 0.15) is 17.2 Å². The second kappa shape index (κ2) is 9.79. The highest BCUT2D eigenvalue weighted by Gasteiger charge is 2.14. The average Bonchev–Trinajstić information content (AvgIpc) is 3.34. The summed E-state index contributed by atoms with van der Waals surface area (Å²) in [6, 6.07) is 27.1. The Morgan fingerprint density at radius 3 is 2.00 bits per heavy atom. The van der Waals surface area contributed by atoms with Crippen molar-refractivity contribution < 1.29 is 0 Å². The Morgan fingerprint density at radius 2 is 1.32 bits per heavy atom. The van der Waals surface area contributed by atoms with E-state index in [4.69, 9.17) is 4.98 Å². The van der Waals surface area contributed by atoms with E-state index >= 15 is 0 Å². The van der Waals surface area contributed by atoms with Gasteiger partial charge < -0.3 is 4.57 Å². The third-order valence-electron chi connectivity index (χ3n) is 5.93. The third kappa shape index (κ3) is 4.79. The zero-order valence-corrected chi connectivity index (χ0v) is 19.5. The van der Waals surface area contributed by atoms with E-state index < -0.39 is 0 Å². The molecule has 5 heteroatoms. The minimum absolute atomic E-state index is 0.743. The lowest BCUT2D eigenvalue weighted by molar-refractivity contribution is 0.628. The lowest BCUT2D eigenvalue weighted by atomic mass is 10.0. The first kappa shape index (κ1) is 21.7. The normalized spacial score (nSPS) is 11.0. The van der Waals surface area contributed by atoms with Crippen molar-refractivity contribution in [1.82, 2.24) is 24.7 Å². The van der Waals surface area contributed by atoms with Crippen LogP contribution in [0.3, 0.4) is 0 Å². The second-order valence-electron chi connectivity index (χ2n) is 8.57. The quantitative estimate of drug-likeness (QED) is 0.294. The lowest BCUT2D eigenvalue weighted by Crippen LogP contribution is -2.06. The van der Waals surface area contributed by atoms with E-state index in [-0.39, 0.29) is 0 Å². The van der Waals surface area contributed by atoms with E-state index in [1.807, 2.05) is 30.6 Å². The predicted octanol–water partition coefficient (Wildman–Crippen LogP) is 6.32. The van der Waals surface area contributed by atoms with Crippen LogP contribution in [-0.4, -0.2) is 24.7 Å². The van der Waals surface area contributed by atoms with E-state index in [1.165, 1.54) is 11.1 Å². The van der Waals surface area contributed by atoms with Crippen LogP contribution >= 0.6 is 0 Å². The smallest absolute Gasteiger partial charge is 0.151 e. The summed E-state index contributed by atoms with van der Waals surface area (Å²) in [6.45, 7) is 5.02. The van der Waals surface area contributed by atoms with Gasteiger partial charge in [-0.1, -0.05) is 90.0 Å². The summed E-state index contributed by atoms with van der Waals surface area (Å²) in [5, 5.41) is 9.12. The number of nitrogens with zero attached hydrogens (tertiary/aromatic N) is 5. The Kier molecular flexibility index (Phi) is 6.25. The predicted molar refractivity (Wildman–Crippen MR) is 136 cm³/mol. The number of aryl methyl sites for hydroxylation is 4. The van der Waals surface area contributed by atoms with Crippen LogP contribution in [-0.2, 0) is 13.0 Å². The number of hydrogen-bond acceptors (Lipinski definition) is 4. The number of aromatic nitrogens is 5. The molecule has 34 heavy (non-hydrogen) atoms. The van der Waals surface area contributed by atoms with Crippen LogP contribution in [0.15, 0.2) is 91.3 Å². The SMILES string of the molecule is Cc1ccc(-c2nnc(CCCn3ccnc3-c3ccccc3)nc2-c2ccc(C)cc2)cc1. The molecule has 0 N–H and O–H groups in total. The van der Waals surface area contributed by atoms with Gasteiger partial charge in [-0.15, -0.1) is 10.2 Å². The van der Waals surface area contributed by atoms with Gasteiger partial charge in [-0.05, 0) is 20.3 Å². The molecule has 0 saturated carbocycles. The number of imidazole rings is 1. The zero-order valence-electron chi connectivity index (χ0n) is 19.5. The summed E-state index contributed by atoms with van der Waals surface area (Å²) in [6.07, 6.45) is 5.52. The number of benzene rings is 3. The molecule has 0 radical (unpaired) electrons. The van der Waals surface area contributed by atoms with Crippen molar-refractivity contribution in [1.29, 1.82) is 0 Å². The standard InChI is InChI=1S/C29H27N5/c1-21-10-14-23(15-11-21)27-28(24-16-12-22(2)13-17-24)33-32-26(31-27)9-6-19-34-20-18-30-29(34)25-7-4-3-5-8-25/h3-5,7-8,10-18,20H,6,9,19H2,1-2H3. The Hall–Kier alpha value is -4.12. The van der Waals surface area contributed by atoms with Crippen molar-refractivity contribution >= 4 is 0 Å². The summed E-state index contributed by atoms with van der Waals surface area (Å²) in [5.74, 6) is 1.74. The van der Waals surface area contributed by atoms with Crippen molar-refractivity contribution in [2.24, 2.45) is 0 Å². The molecular formula is C29H27N5. The fourth-order valence-corrected chi connectivity index (χ4v) is 4.03. The van der Waals surface area contributed by atoms with Crippen LogP contribution in [0.1, 0.15) is 23.4 Å². The Labute approximate surface area is 200 Å². The summed E-state index contributed by atoms with van der Waals surface area (Å²) in [4.78, 5) is 9.52. The highest BCUT2D eigenvalue weighted by Crippen LogP contribution is 2.29. The third-order valence-corrected chi connectivity index (χ3v) is 5.93. The first-order valence-corrected chi connectivity index (χ1v) is 11.6. The maximum atomic E-state index is 4.97. The number of rotatable bonds is 7. The molecule has 0 aliphatic heterocycles. The molecule has 0 fully saturated rings. The Bertz CT molecular complexity index is 1370. The molecular weight excluding hydrogens is 418 g/mol. The summed E-state index contributed by atoms with van der Waals surface area (Å²) in [7, 11) is 0. The molecule has 5 nitrogen and oxygen atoms in total. The first-order valence-electron chi connectivity index (χ1n) is 11.6. The maximum absolute atomic E-state index is 4.97. The molecule has 0 aliphatic rings. The molecule has 168 valence electrons. The number of hydrogen-bond donors (Lipinski definition) is 0. The molecule has 0 aliphatic carbocycles. The highest BCUT2D eigenvalue weighted by molar-refractivity contribution is 5.77. The topological polar surface area (TPSA) is 56.5 Å². The van der Waals surface area contributed by atoms with Gasteiger partial charge in [-0.25, -0.2) is 9.97 Å². The van der Waals surface area contributed by atoms with Crippen LogP contribution in [0.5, 0.6) is 0 Å². The van der Waals surface area contributed by atoms with Gasteiger partial charge in [-0.2, -0.15) is 0 Å². The molecule has 0 saturated heterocycles. The van der Waals surface area contributed by atoms with Gasteiger partial charge in [-0.3, -0.25) is 0 Å². The largest absolute Gasteiger partial charge is 0.331 e. The van der Waals surface area contributed by atoms with Crippen LogP contribution in [0.25, 0.3) is 33.9 Å². The Balaban J connectivity index is 1.39. The molecule has 0 bridgehead atoms. The van der Waals surface area contributed by atoms with Gasteiger partial charge in [0.15, 0.2) is 5.82 Å². The molecule has 5 aromatic rings. The minimum atomic E-state index is 0.743. The van der Waals surface area contributed by atoms with E-state index in [0.717, 1.165) is 59.1 Å². The van der Waals surface area contributed by atoms with Crippen LogP contribution < -0.4 is 0 Å². The second-order valence-corrected chi connectivity index (χ2v) is 8.57. The first-order chi connectivity index (χ1) is 16.7. The lowest BCUT2D eigenvalue weighted by Gasteiger charge is -2.11. The van der Waals surface area contributed by atoms with Gasteiger partial charge in [0.05, 0.1) is 0 Å². The molecule has 0 amide bonds. The van der Waals surface area contributed by atoms with E-state index in [1.54, 1.807) is 0 Å². The van der Waals surface area contributed by atoms with Crippen LogP contribution in [0.4, 0.5) is 0 Å². The van der Waals surface area contributed by atoms with Gasteiger partial charge in [0.25, 0.3) is 0 Å². The monoisotopic (exact) mass is 445 g/mol. The zero-order chi connectivity index (χ0) is 23.3. The fraction of sp³-hybridized carbons (Fsp3) is 0.172. The molecule has 0 atom stereocenters. The van der Waals surface area contributed by atoms with Crippen LogP contribution in [0.2, 0.25) is 0 Å². The highest BCUT2D eigenvalue weighted by atomic mass is 15.2. The molecule has 0 spiro atoms. The Morgan fingerprint density at radius 1 is 0.676 bits per heavy atom. The average molecular weight is 446 g/mol. The summed E-state index contributed by atoms with van der Waals surface area (Å²) in [5.41, 5.74) is 7.33. The van der Waals surface area contributed by atoms with Crippen molar-refractivity contribution in [2.75, 3.05) is 0 Å². The minimum Gasteiger partial charge on any atom is -0.331 e. The van der Waals surface area contributed by atoms with E-state index in [2.05, 4.69) is 94.3 Å². The maximum Gasteiger partial charge on any atom is 0.151 e. The van der Waals surface area contributed by atoms with Crippen LogP contribution in [0, 0.1) is 13.8 Å². The van der Waals surface area contributed by atoms with E-state index in [0.29, 0.717) is 0 Å². The van der Waals surface area contributed by atoms with Gasteiger partial charge in [0.2, 0.25) is 0 Å². The van der Waals surface area contributed by atoms with Gasteiger partial charge >= 0.3 is 0 Å². The van der Waals surface area contributed by atoms with Crippen molar-refractivity contribution in [3.05, 3.63) is 108 Å². The molecule has 5 rings (SSSR count). The van der Waals surface area contributed by atoms with E-state index in [9.17, 15) is 0 Å². The molecule has 2 aromatic heterocycles. The molecule has 2 heterocycles. The summed E-state index contributed by atoms with van der Waals surface area (Å²) < 4.78 is 2.18. The van der Waals surface area contributed by atoms with Crippen molar-refractivity contribution in [3.8, 4) is 33.9 Å². The van der Waals surface area contributed by atoms with Crippen molar-refractivity contribution in [3.63, 3.8) is 0 Å². The fourth-order valence-electron chi connectivity index (χ4n) is 4.03. The van der Waals surface area contributed by atoms with Gasteiger partial charge in [0, 0.05) is 42.0 Å². The molecule has 0 unspecified atom stereocenters.